The molecule has 4 heteroatoms. The molecule has 0 aliphatic heterocycles. The van der Waals surface area contributed by atoms with Crippen LogP contribution in [0.15, 0.2) is 65.6 Å². The van der Waals surface area contributed by atoms with Crippen molar-refractivity contribution in [3.8, 4) is 0 Å². The minimum absolute atomic E-state index is 0.184. The first-order valence-electron chi connectivity index (χ1n) is 6.27. The van der Waals surface area contributed by atoms with Crippen molar-refractivity contribution in [2.75, 3.05) is 13.0 Å². The predicted octanol–water partition coefficient (Wildman–Crippen LogP) is 3.60. The van der Waals surface area contributed by atoms with Gasteiger partial charge in [0.25, 0.3) is 5.94 Å². The van der Waals surface area contributed by atoms with Crippen LogP contribution in [0.1, 0.15) is 5.56 Å². The van der Waals surface area contributed by atoms with E-state index in [2.05, 4.69) is 29.0 Å². The molecule has 0 aliphatic rings. The van der Waals surface area contributed by atoms with Crippen molar-refractivity contribution in [1.82, 2.24) is 0 Å². The molecule has 20 heavy (non-hydrogen) atoms. The van der Waals surface area contributed by atoms with E-state index in [1.807, 2.05) is 36.4 Å². The molecule has 0 bridgehead atoms. The third-order valence-corrected chi connectivity index (χ3v) is 4.77. The van der Waals surface area contributed by atoms with Gasteiger partial charge in [0.15, 0.2) is 4.90 Å². The van der Waals surface area contributed by atoms with Crippen LogP contribution in [-0.2, 0) is 26.1 Å². The van der Waals surface area contributed by atoms with Gasteiger partial charge in [-0.15, -0.1) is 0 Å². The van der Waals surface area contributed by atoms with Crippen molar-refractivity contribution < 1.29 is 14.3 Å². The fourth-order valence-corrected chi connectivity index (χ4v) is 3.52. The normalized spacial score (nSPS) is 11.7. The van der Waals surface area contributed by atoms with Crippen molar-refractivity contribution in [3.63, 3.8) is 0 Å². The molecule has 0 heterocycles. The van der Waals surface area contributed by atoms with E-state index < -0.39 is 6.16 Å². The highest BCUT2D eigenvalue weighted by atomic mass is 32.2. The molecule has 0 aromatic heterocycles. The standard InChI is InChI=1S/C16H17O3S/c1-18-16(17)19-13-20(15-10-6-3-7-11-15)12-14-8-4-2-5-9-14/h2-11H,12-13H2,1H3/q+1. The van der Waals surface area contributed by atoms with Crippen LogP contribution in [0, 0.1) is 0 Å². The minimum atomic E-state index is -0.633. The summed E-state index contributed by atoms with van der Waals surface area (Å²) in [5, 5.41) is 0. The van der Waals surface area contributed by atoms with Crippen molar-refractivity contribution in [2.45, 2.75) is 10.6 Å². The summed E-state index contributed by atoms with van der Waals surface area (Å²) in [5.74, 6) is 1.19. The molecule has 0 fully saturated rings. The van der Waals surface area contributed by atoms with Crippen LogP contribution in [0.25, 0.3) is 0 Å². The van der Waals surface area contributed by atoms with Crippen LogP contribution in [0.5, 0.6) is 0 Å². The Morgan fingerprint density at radius 2 is 1.60 bits per heavy atom. The van der Waals surface area contributed by atoms with E-state index >= 15 is 0 Å². The maximum absolute atomic E-state index is 11.2. The summed E-state index contributed by atoms with van der Waals surface area (Å²) in [6, 6.07) is 20.3. The Hall–Kier alpha value is -1.94. The second kappa shape index (κ2) is 7.60. The van der Waals surface area contributed by atoms with Gasteiger partial charge in [-0.25, -0.2) is 4.79 Å². The summed E-state index contributed by atoms with van der Waals surface area (Å²) in [7, 11) is 1.14. The highest BCUT2D eigenvalue weighted by Crippen LogP contribution is 2.19. The maximum Gasteiger partial charge on any atom is 0.511 e. The van der Waals surface area contributed by atoms with Gasteiger partial charge in [-0.1, -0.05) is 48.5 Å². The molecule has 2 rings (SSSR count). The maximum atomic E-state index is 11.2. The van der Waals surface area contributed by atoms with E-state index in [-0.39, 0.29) is 10.9 Å². The van der Waals surface area contributed by atoms with E-state index in [4.69, 9.17) is 4.74 Å². The van der Waals surface area contributed by atoms with Gasteiger partial charge in [0, 0.05) is 5.56 Å². The van der Waals surface area contributed by atoms with Gasteiger partial charge in [0.2, 0.25) is 0 Å². The summed E-state index contributed by atoms with van der Waals surface area (Å²) in [6.45, 7) is 0. The smallest absolute Gasteiger partial charge is 0.438 e. The van der Waals surface area contributed by atoms with Gasteiger partial charge in [-0.3, -0.25) is 0 Å². The van der Waals surface area contributed by atoms with Crippen LogP contribution in [0.3, 0.4) is 0 Å². The third kappa shape index (κ3) is 4.31. The fourth-order valence-electron chi connectivity index (χ4n) is 1.76. The first-order chi connectivity index (χ1) is 9.79. The van der Waals surface area contributed by atoms with Crippen molar-refractivity contribution in [1.29, 1.82) is 0 Å². The Bertz CT molecular complexity index is 528. The summed E-state index contributed by atoms with van der Waals surface area (Å²) in [4.78, 5) is 12.3. The number of carbonyl (C=O) groups excluding carboxylic acids is 1. The molecular weight excluding hydrogens is 272 g/mol. The number of rotatable bonds is 5. The number of ether oxygens (including phenoxy) is 2. The van der Waals surface area contributed by atoms with Crippen molar-refractivity contribution >= 4 is 17.1 Å². The molecular formula is C16H17O3S+. The van der Waals surface area contributed by atoms with Gasteiger partial charge in [-0.2, -0.15) is 0 Å². The van der Waals surface area contributed by atoms with E-state index in [9.17, 15) is 4.79 Å². The monoisotopic (exact) mass is 289 g/mol. The molecule has 0 saturated carbocycles. The quantitative estimate of drug-likeness (QED) is 0.623. The Labute approximate surface area is 121 Å². The van der Waals surface area contributed by atoms with Gasteiger partial charge in [-0.05, 0) is 12.1 Å². The van der Waals surface area contributed by atoms with Crippen LogP contribution >= 0.6 is 0 Å². The zero-order valence-corrected chi connectivity index (χ0v) is 12.1. The largest absolute Gasteiger partial charge is 0.511 e. The first kappa shape index (κ1) is 14.5. The Balaban J connectivity index is 2.10. The first-order valence-corrected chi connectivity index (χ1v) is 7.83. The summed E-state index contributed by atoms with van der Waals surface area (Å²) in [5.41, 5.74) is 1.23. The molecule has 104 valence electrons. The Kier molecular flexibility index (Phi) is 5.50. The fraction of sp³-hybridized carbons (Fsp3) is 0.188. The lowest BCUT2D eigenvalue weighted by Crippen LogP contribution is -2.17. The second-order valence-electron chi connectivity index (χ2n) is 4.15. The molecule has 0 saturated heterocycles. The van der Waals surface area contributed by atoms with Gasteiger partial charge >= 0.3 is 6.16 Å². The zero-order chi connectivity index (χ0) is 14.2. The highest BCUT2D eigenvalue weighted by molar-refractivity contribution is 7.96. The lowest BCUT2D eigenvalue weighted by molar-refractivity contribution is 0.0874. The molecule has 0 radical (unpaired) electrons. The lowest BCUT2D eigenvalue weighted by Gasteiger charge is -2.08. The molecule has 0 spiro atoms. The molecule has 0 N–H and O–H groups in total. The third-order valence-electron chi connectivity index (χ3n) is 2.75. The summed E-state index contributed by atoms with van der Waals surface area (Å²) >= 11 is 0. The molecule has 0 aliphatic carbocycles. The second-order valence-corrected chi connectivity index (χ2v) is 6.13. The summed E-state index contributed by atoms with van der Waals surface area (Å²) < 4.78 is 9.66. The van der Waals surface area contributed by atoms with Crippen LogP contribution in [0.2, 0.25) is 0 Å². The molecule has 3 nitrogen and oxygen atoms in total. The topological polar surface area (TPSA) is 35.5 Å². The van der Waals surface area contributed by atoms with Crippen molar-refractivity contribution in [2.24, 2.45) is 0 Å². The average Bonchev–Trinajstić information content (AvgIpc) is 2.53. The average molecular weight is 289 g/mol. The summed E-state index contributed by atoms with van der Waals surface area (Å²) in [6.07, 6.45) is -0.633. The predicted molar refractivity (Wildman–Crippen MR) is 80.6 cm³/mol. The SMILES string of the molecule is COC(=O)OC[S+](Cc1ccccc1)c1ccccc1. The number of benzene rings is 2. The number of hydrogen-bond donors (Lipinski definition) is 0. The molecule has 2 aromatic rings. The van der Waals surface area contributed by atoms with Gasteiger partial charge < -0.3 is 9.47 Å². The van der Waals surface area contributed by atoms with E-state index in [1.165, 1.54) is 17.6 Å². The molecule has 1 unspecified atom stereocenters. The van der Waals surface area contributed by atoms with E-state index in [1.54, 1.807) is 0 Å². The van der Waals surface area contributed by atoms with Gasteiger partial charge in [0.1, 0.15) is 5.75 Å². The molecule has 1 atom stereocenters. The minimum Gasteiger partial charge on any atom is -0.438 e. The molecule has 0 amide bonds. The Morgan fingerprint density at radius 1 is 1.00 bits per heavy atom. The Morgan fingerprint density at radius 3 is 2.20 bits per heavy atom. The van der Waals surface area contributed by atoms with Crippen LogP contribution in [0.4, 0.5) is 4.79 Å². The number of hydrogen-bond acceptors (Lipinski definition) is 3. The number of carbonyl (C=O) groups is 1. The van der Waals surface area contributed by atoms with Gasteiger partial charge in [0.05, 0.1) is 18.0 Å². The van der Waals surface area contributed by atoms with Crippen LogP contribution in [-0.4, -0.2) is 19.2 Å². The van der Waals surface area contributed by atoms with E-state index in [0.29, 0.717) is 5.94 Å². The lowest BCUT2D eigenvalue weighted by atomic mass is 10.2. The number of methoxy groups -OCH3 is 1. The van der Waals surface area contributed by atoms with Crippen LogP contribution < -0.4 is 0 Å². The van der Waals surface area contributed by atoms with E-state index in [0.717, 1.165) is 5.75 Å². The van der Waals surface area contributed by atoms with Crippen molar-refractivity contribution in [3.05, 3.63) is 66.2 Å². The highest BCUT2D eigenvalue weighted by Gasteiger charge is 2.24. The molecule has 2 aromatic carbocycles. The zero-order valence-electron chi connectivity index (χ0n) is 11.3.